The number of halogens is 1. The number of amides is 1. The molecule has 1 fully saturated rings. The monoisotopic (exact) mass is 475 g/mol. The van der Waals surface area contributed by atoms with Gasteiger partial charge in [-0.15, -0.1) is 0 Å². The second-order valence-corrected chi connectivity index (χ2v) is 11.0. The van der Waals surface area contributed by atoms with Gasteiger partial charge in [0.15, 0.2) is 5.78 Å². The van der Waals surface area contributed by atoms with Gasteiger partial charge in [0.1, 0.15) is 5.82 Å². The normalized spacial score (nSPS) is 22.1. The number of hydrogen-bond donors (Lipinski definition) is 2. The van der Waals surface area contributed by atoms with E-state index in [9.17, 15) is 14.0 Å². The van der Waals surface area contributed by atoms with Crippen LogP contribution in [-0.4, -0.2) is 24.3 Å². The Labute approximate surface area is 206 Å². The first-order chi connectivity index (χ1) is 16.8. The summed E-state index contributed by atoms with van der Waals surface area (Å²) in [6.07, 6.45) is 6.67. The standard InChI is InChI=1S/C29H34FN3O2/c1-29(2)16-23-27(25(34)17-29)28(19-12-14-20(30)15-13-19)33(24-11-7-6-10-22(24)32-23)18-26(35)31-21-8-4-3-5-9-21/h6-7,10-15,21,28,32H,3-5,8-9,16-18H2,1-2H3,(H,31,35). The first-order valence-electron chi connectivity index (χ1n) is 12.7. The average Bonchev–Trinajstić information content (AvgIpc) is 2.94. The number of benzene rings is 2. The third-order valence-corrected chi connectivity index (χ3v) is 7.47. The molecule has 0 saturated heterocycles. The van der Waals surface area contributed by atoms with Gasteiger partial charge >= 0.3 is 0 Å². The van der Waals surface area contributed by atoms with Gasteiger partial charge in [-0.2, -0.15) is 0 Å². The second kappa shape index (κ2) is 9.48. The van der Waals surface area contributed by atoms with Gasteiger partial charge in [0, 0.05) is 23.7 Å². The van der Waals surface area contributed by atoms with E-state index in [4.69, 9.17) is 0 Å². The molecule has 1 unspecified atom stereocenters. The summed E-state index contributed by atoms with van der Waals surface area (Å²) < 4.78 is 13.9. The van der Waals surface area contributed by atoms with E-state index in [0.717, 1.165) is 54.7 Å². The Morgan fingerprint density at radius 3 is 2.51 bits per heavy atom. The van der Waals surface area contributed by atoms with E-state index < -0.39 is 6.04 Å². The van der Waals surface area contributed by atoms with Crippen LogP contribution in [0.15, 0.2) is 59.8 Å². The van der Waals surface area contributed by atoms with Gasteiger partial charge in [0.2, 0.25) is 5.91 Å². The van der Waals surface area contributed by atoms with Crippen LogP contribution in [0.5, 0.6) is 0 Å². The summed E-state index contributed by atoms with van der Waals surface area (Å²) >= 11 is 0. The molecule has 0 bridgehead atoms. The minimum Gasteiger partial charge on any atom is -0.357 e. The number of allylic oxidation sites excluding steroid dienone is 1. The highest BCUT2D eigenvalue weighted by molar-refractivity contribution is 6.01. The van der Waals surface area contributed by atoms with E-state index in [1.165, 1.54) is 18.6 Å². The predicted octanol–water partition coefficient (Wildman–Crippen LogP) is 5.89. The van der Waals surface area contributed by atoms with Crippen LogP contribution in [0.3, 0.4) is 0 Å². The van der Waals surface area contributed by atoms with Gasteiger partial charge in [0.05, 0.1) is 24.0 Å². The fourth-order valence-electron chi connectivity index (χ4n) is 5.89. The highest BCUT2D eigenvalue weighted by Gasteiger charge is 2.42. The molecule has 2 aromatic rings. The van der Waals surface area contributed by atoms with Crippen molar-refractivity contribution in [3.8, 4) is 0 Å². The highest BCUT2D eigenvalue weighted by Crippen LogP contribution is 2.48. The fraction of sp³-hybridized carbons (Fsp3) is 0.448. The number of rotatable bonds is 4. The zero-order valence-corrected chi connectivity index (χ0v) is 20.6. The molecule has 5 rings (SSSR count). The number of Topliss-reactive ketones (excluding diaryl/α,β-unsaturated/α-hetero) is 1. The van der Waals surface area contributed by atoms with E-state index in [2.05, 4.69) is 24.5 Å². The maximum Gasteiger partial charge on any atom is 0.239 e. The van der Waals surface area contributed by atoms with Gasteiger partial charge in [-0.25, -0.2) is 4.39 Å². The third-order valence-electron chi connectivity index (χ3n) is 7.47. The molecule has 0 spiro atoms. The summed E-state index contributed by atoms with van der Waals surface area (Å²) in [5.74, 6) is -0.303. The van der Waals surface area contributed by atoms with Gasteiger partial charge in [-0.05, 0) is 54.5 Å². The maximum atomic E-state index is 13.9. The molecule has 0 aromatic heterocycles. The maximum absolute atomic E-state index is 13.9. The number of carbonyl (C=O) groups is 2. The Balaban J connectivity index is 1.60. The van der Waals surface area contributed by atoms with Crippen molar-refractivity contribution < 1.29 is 14.0 Å². The van der Waals surface area contributed by atoms with E-state index in [1.807, 2.05) is 29.2 Å². The Morgan fingerprint density at radius 2 is 1.77 bits per heavy atom. The van der Waals surface area contributed by atoms with Crippen LogP contribution in [0.25, 0.3) is 0 Å². The molecule has 1 amide bonds. The summed E-state index contributed by atoms with van der Waals surface area (Å²) in [7, 11) is 0. The molecule has 2 aliphatic carbocycles. The lowest BCUT2D eigenvalue weighted by Gasteiger charge is -2.38. The van der Waals surface area contributed by atoms with Crippen molar-refractivity contribution in [1.29, 1.82) is 0 Å². The summed E-state index contributed by atoms with van der Waals surface area (Å²) in [4.78, 5) is 29.0. The molecule has 1 atom stereocenters. The molecular formula is C29H34FN3O2. The van der Waals surface area contributed by atoms with Crippen LogP contribution in [-0.2, 0) is 9.59 Å². The topological polar surface area (TPSA) is 61.4 Å². The summed E-state index contributed by atoms with van der Waals surface area (Å²) in [5.41, 5.74) is 3.94. The molecule has 5 nitrogen and oxygen atoms in total. The molecule has 0 radical (unpaired) electrons. The number of nitrogens with one attached hydrogen (secondary N) is 2. The average molecular weight is 476 g/mol. The van der Waals surface area contributed by atoms with Crippen LogP contribution in [0.4, 0.5) is 15.8 Å². The Morgan fingerprint density at radius 1 is 1.06 bits per heavy atom. The number of nitrogens with zero attached hydrogens (tertiary/aromatic N) is 1. The van der Waals surface area contributed by atoms with Crippen LogP contribution >= 0.6 is 0 Å². The van der Waals surface area contributed by atoms with Gasteiger partial charge in [-0.3, -0.25) is 9.59 Å². The van der Waals surface area contributed by atoms with Crippen molar-refractivity contribution in [3.63, 3.8) is 0 Å². The quantitative estimate of drug-likeness (QED) is 0.579. The first-order valence-corrected chi connectivity index (χ1v) is 12.7. The van der Waals surface area contributed by atoms with Crippen LogP contribution in [0, 0.1) is 11.2 Å². The fourth-order valence-corrected chi connectivity index (χ4v) is 5.89. The number of para-hydroxylation sites is 2. The van der Waals surface area contributed by atoms with Crippen LogP contribution in [0.2, 0.25) is 0 Å². The summed E-state index contributed by atoms with van der Waals surface area (Å²) in [6, 6.07) is 13.9. The molecule has 184 valence electrons. The predicted molar refractivity (Wildman–Crippen MR) is 137 cm³/mol. The Hall–Kier alpha value is -3.15. The molecule has 6 heteroatoms. The smallest absolute Gasteiger partial charge is 0.239 e. The molecule has 1 heterocycles. The van der Waals surface area contributed by atoms with Crippen LogP contribution < -0.4 is 15.5 Å². The number of ketones is 1. The van der Waals surface area contributed by atoms with Crippen LogP contribution in [0.1, 0.15) is 70.4 Å². The molecule has 1 aliphatic heterocycles. The van der Waals surface area contributed by atoms with Gasteiger partial charge in [0.25, 0.3) is 0 Å². The second-order valence-electron chi connectivity index (χ2n) is 11.0. The van der Waals surface area contributed by atoms with Crippen molar-refractivity contribution >= 4 is 23.1 Å². The Bertz CT molecular complexity index is 1150. The largest absolute Gasteiger partial charge is 0.357 e. The Kier molecular flexibility index (Phi) is 6.39. The molecule has 2 aromatic carbocycles. The molecule has 1 saturated carbocycles. The van der Waals surface area contributed by atoms with Crippen molar-refractivity contribution in [2.75, 3.05) is 16.8 Å². The van der Waals surface area contributed by atoms with Crippen molar-refractivity contribution in [2.24, 2.45) is 5.41 Å². The summed E-state index contributed by atoms with van der Waals surface area (Å²) in [5, 5.41) is 6.79. The number of hydrogen-bond acceptors (Lipinski definition) is 4. The van der Waals surface area contributed by atoms with Gasteiger partial charge < -0.3 is 15.5 Å². The molecular weight excluding hydrogens is 441 g/mol. The van der Waals surface area contributed by atoms with E-state index in [-0.39, 0.29) is 35.5 Å². The third kappa shape index (κ3) is 4.97. The van der Waals surface area contributed by atoms with E-state index in [1.54, 1.807) is 12.1 Å². The first kappa shape index (κ1) is 23.6. The molecule has 2 N–H and O–H groups in total. The van der Waals surface area contributed by atoms with E-state index >= 15 is 0 Å². The lowest BCUT2D eigenvalue weighted by Crippen LogP contribution is -2.45. The minimum absolute atomic E-state index is 0.0496. The van der Waals surface area contributed by atoms with Crippen molar-refractivity contribution in [1.82, 2.24) is 5.32 Å². The van der Waals surface area contributed by atoms with E-state index in [0.29, 0.717) is 12.0 Å². The number of anilines is 2. The van der Waals surface area contributed by atoms with Gasteiger partial charge in [-0.1, -0.05) is 57.4 Å². The minimum atomic E-state index is -0.484. The van der Waals surface area contributed by atoms with Crippen molar-refractivity contribution in [3.05, 3.63) is 71.2 Å². The molecule has 35 heavy (non-hydrogen) atoms. The SMILES string of the molecule is CC1(C)CC(=O)C2=C(C1)Nc1ccccc1N(CC(=O)NC1CCCCC1)C2c1ccc(F)cc1. The summed E-state index contributed by atoms with van der Waals surface area (Å²) in [6.45, 7) is 4.33. The van der Waals surface area contributed by atoms with Crippen molar-refractivity contribution in [2.45, 2.75) is 70.9 Å². The lowest BCUT2D eigenvalue weighted by atomic mass is 9.73. The lowest BCUT2D eigenvalue weighted by molar-refractivity contribution is -0.121. The zero-order chi connectivity index (χ0) is 24.6. The highest BCUT2D eigenvalue weighted by atomic mass is 19.1. The number of carbonyl (C=O) groups excluding carboxylic acids is 2. The number of fused-ring (bicyclic) bond motifs is 1. The molecule has 3 aliphatic rings. The zero-order valence-electron chi connectivity index (χ0n) is 20.6.